The molecule has 1 N–H and O–H groups in total. The summed E-state index contributed by atoms with van der Waals surface area (Å²) in [6.45, 7) is 3.78. The van der Waals surface area contributed by atoms with Crippen LogP contribution in [0.4, 0.5) is 18.9 Å². The van der Waals surface area contributed by atoms with E-state index in [4.69, 9.17) is 0 Å². The third-order valence-corrected chi connectivity index (χ3v) is 4.95. The quantitative estimate of drug-likeness (QED) is 0.774. The number of halogens is 3. The van der Waals surface area contributed by atoms with Crippen molar-refractivity contribution in [2.45, 2.75) is 12.7 Å². The van der Waals surface area contributed by atoms with Crippen molar-refractivity contribution in [3.63, 3.8) is 0 Å². The molecule has 0 bridgehead atoms. The predicted molar refractivity (Wildman–Crippen MR) is 108 cm³/mol. The number of rotatable bonds is 5. The highest BCUT2D eigenvalue weighted by Gasteiger charge is 2.35. The van der Waals surface area contributed by atoms with Gasteiger partial charge < -0.3 is 15.1 Å². The Morgan fingerprint density at radius 1 is 1.00 bits per heavy atom. The molecule has 0 radical (unpaired) electrons. The number of likely N-dealkylation sites (N-methyl/N-ethyl adjacent to an activating group) is 1. The Morgan fingerprint density at radius 2 is 1.62 bits per heavy atom. The SMILES string of the molecule is CN1CCN(c2ccccc2CNC(=O)/C=C(/c2ccccc2)C(F)(F)F)CC1. The molecule has 1 aliphatic heterocycles. The Morgan fingerprint density at radius 3 is 2.28 bits per heavy atom. The lowest BCUT2D eigenvalue weighted by atomic mass is 10.0. The van der Waals surface area contributed by atoms with E-state index < -0.39 is 17.7 Å². The topological polar surface area (TPSA) is 35.6 Å². The number of benzene rings is 2. The van der Waals surface area contributed by atoms with Crippen molar-refractivity contribution in [3.05, 3.63) is 71.8 Å². The first-order valence-electron chi connectivity index (χ1n) is 9.48. The van der Waals surface area contributed by atoms with Crippen molar-refractivity contribution in [3.8, 4) is 0 Å². The van der Waals surface area contributed by atoms with Gasteiger partial charge in [-0.25, -0.2) is 0 Å². The maximum absolute atomic E-state index is 13.4. The van der Waals surface area contributed by atoms with Crippen LogP contribution in [0.1, 0.15) is 11.1 Å². The van der Waals surface area contributed by atoms with E-state index >= 15 is 0 Å². The number of hydrogen-bond donors (Lipinski definition) is 1. The first kappa shape index (κ1) is 20.9. The number of carbonyl (C=O) groups excluding carboxylic acids is 1. The number of anilines is 1. The van der Waals surface area contributed by atoms with Crippen LogP contribution in [0.3, 0.4) is 0 Å². The molecule has 0 aromatic heterocycles. The molecule has 0 atom stereocenters. The number of hydrogen-bond acceptors (Lipinski definition) is 3. The molecule has 2 aromatic carbocycles. The van der Waals surface area contributed by atoms with Crippen molar-refractivity contribution in [1.29, 1.82) is 0 Å². The second kappa shape index (κ2) is 9.13. The fourth-order valence-corrected chi connectivity index (χ4v) is 3.33. The van der Waals surface area contributed by atoms with Gasteiger partial charge in [-0.15, -0.1) is 0 Å². The number of piperazine rings is 1. The zero-order chi connectivity index (χ0) is 20.9. The molecule has 1 saturated heterocycles. The molecule has 0 spiro atoms. The number of nitrogens with zero attached hydrogens (tertiary/aromatic N) is 2. The van der Waals surface area contributed by atoms with Crippen LogP contribution in [0.15, 0.2) is 60.7 Å². The van der Waals surface area contributed by atoms with Crippen molar-refractivity contribution in [2.24, 2.45) is 0 Å². The maximum atomic E-state index is 13.4. The summed E-state index contributed by atoms with van der Waals surface area (Å²) in [4.78, 5) is 16.8. The lowest BCUT2D eigenvalue weighted by molar-refractivity contribution is -0.117. The predicted octanol–water partition coefficient (Wildman–Crippen LogP) is 3.70. The van der Waals surface area contributed by atoms with Gasteiger partial charge in [0, 0.05) is 44.5 Å². The molecule has 7 heteroatoms. The third kappa shape index (κ3) is 5.60. The van der Waals surface area contributed by atoms with Crippen molar-refractivity contribution in [1.82, 2.24) is 10.2 Å². The molecule has 154 valence electrons. The molecular weight excluding hydrogens is 379 g/mol. The molecule has 0 saturated carbocycles. The molecule has 0 aliphatic carbocycles. The molecular formula is C22H24F3N3O. The summed E-state index contributed by atoms with van der Waals surface area (Å²) >= 11 is 0. The first-order chi connectivity index (χ1) is 13.8. The lowest BCUT2D eigenvalue weighted by Crippen LogP contribution is -2.45. The molecule has 1 aliphatic rings. The van der Waals surface area contributed by atoms with Crippen LogP contribution in [-0.4, -0.2) is 50.2 Å². The number of carbonyl (C=O) groups is 1. The molecule has 4 nitrogen and oxygen atoms in total. The highest BCUT2D eigenvalue weighted by Crippen LogP contribution is 2.33. The van der Waals surface area contributed by atoms with E-state index in [-0.39, 0.29) is 12.1 Å². The van der Waals surface area contributed by atoms with E-state index in [2.05, 4.69) is 22.2 Å². The molecule has 3 rings (SSSR count). The van der Waals surface area contributed by atoms with Crippen molar-refractivity contribution in [2.75, 3.05) is 38.1 Å². The second-order valence-electron chi connectivity index (χ2n) is 7.06. The molecule has 1 amide bonds. The van der Waals surface area contributed by atoms with Crippen LogP contribution >= 0.6 is 0 Å². The number of allylic oxidation sites excluding steroid dienone is 1. The van der Waals surface area contributed by atoms with E-state index in [1.807, 2.05) is 24.3 Å². The molecule has 1 heterocycles. The Bertz CT molecular complexity index is 857. The van der Waals surface area contributed by atoms with Gasteiger partial charge in [-0.2, -0.15) is 13.2 Å². The van der Waals surface area contributed by atoms with Gasteiger partial charge in [0.15, 0.2) is 0 Å². The lowest BCUT2D eigenvalue weighted by Gasteiger charge is -2.35. The van der Waals surface area contributed by atoms with Gasteiger partial charge >= 0.3 is 6.18 Å². The van der Waals surface area contributed by atoms with Gasteiger partial charge in [-0.3, -0.25) is 4.79 Å². The number of alkyl halides is 3. The summed E-state index contributed by atoms with van der Waals surface area (Å²) in [6.07, 6.45) is -3.98. The molecule has 2 aromatic rings. The van der Waals surface area contributed by atoms with Crippen LogP contribution in [0.5, 0.6) is 0 Å². The fraction of sp³-hybridized carbons (Fsp3) is 0.318. The highest BCUT2D eigenvalue weighted by molar-refractivity contribution is 5.96. The van der Waals surface area contributed by atoms with Gasteiger partial charge in [0.2, 0.25) is 5.91 Å². The largest absolute Gasteiger partial charge is 0.417 e. The average molecular weight is 403 g/mol. The van der Waals surface area contributed by atoms with Crippen LogP contribution in [0.25, 0.3) is 5.57 Å². The minimum Gasteiger partial charge on any atom is -0.369 e. The zero-order valence-corrected chi connectivity index (χ0v) is 16.2. The minimum atomic E-state index is -4.61. The van der Waals surface area contributed by atoms with Crippen LogP contribution in [-0.2, 0) is 11.3 Å². The fourth-order valence-electron chi connectivity index (χ4n) is 3.33. The van der Waals surface area contributed by atoms with E-state index in [1.54, 1.807) is 6.07 Å². The summed E-state index contributed by atoms with van der Waals surface area (Å²) < 4.78 is 40.2. The van der Waals surface area contributed by atoms with Gasteiger partial charge in [0.25, 0.3) is 0 Å². The van der Waals surface area contributed by atoms with Crippen LogP contribution in [0, 0.1) is 0 Å². The second-order valence-corrected chi connectivity index (χ2v) is 7.06. The van der Waals surface area contributed by atoms with E-state index in [0.29, 0.717) is 6.08 Å². The smallest absolute Gasteiger partial charge is 0.369 e. The Balaban J connectivity index is 1.73. The monoisotopic (exact) mass is 403 g/mol. The minimum absolute atomic E-state index is 0.0343. The Kier molecular flexibility index (Phi) is 6.59. The van der Waals surface area contributed by atoms with Gasteiger partial charge in [-0.1, -0.05) is 48.5 Å². The summed E-state index contributed by atoms with van der Waals surface area (Å²) in [6, 6.07) is 15.0. The summed E-state index contributed by atoms with van der Waals surface area (Å²) in [5.74, 6) is -0.769. The standard InChI is InChI=1S/C22H24F3N3O/c1-27-11-13-28(14-12-27)20-10-6-5-9-18(20)16-26-21(29)15-19(22(23,24)25)17-7-3-2-4-8-17/h2-10,15H,11-14,16H2,1H3,(H,26,29)/b19-15-. The van der Waals surface area contributed by atoms with Gasteiger partial charge in [0.05, 0.1) is 5.57 Å². The van der Waals surface area contributed by atoms with Crippen LogP contribution in [0.2, 0.25) is 0 Å². The van der Waals surface area contributed by atoms with Gasteiger partial charge in [0.1, 0.15) is 0 Å². The summed E-state index contributed by atoms with van der Waals surface area (Å²) in [5, 5.41) is 2.61. The first-order valence-corrected chi connectivity index (χ1v) is 9.48. The van der Waals surface area contributed by atoms with E-state index in [9.17, 15) is 18.0 Å². The molecule has 29 heavy (non-hydrogen) atoms. The van der Waals surface area contributed by atoms with Crippen molar-refractivity contribution < 1.29 is 18.0 Å². The summed E-state index contributed by atoms with van der Waals surface area (Å²) in [5.41, 5.74) is 0.895. The van der Waals surface area contributed by atoms with E-state index in [1.165, 1.54) is 24.3 Å². The number of para-hydroxylation sites is 1. The van der Waals surface area contributed by atoms with Gasteiger partial charge in [-0.05, 0) is 24.2 Å². The van der Waals surface area contributed by atoms with Crippen molar-refractivity contribution >= 4 is 17.2 Å². The molecule has 1 fully saturated rings. The number of nitrogens with one attached hydrogen (secondary N) is 1. The zero-order valence-electron chi connectivity index (χ0n) is 16.2. The maximum Gasteiger partial charge on any atom is 0.417 e. The normalized spacial score (nSPS) is 16.0. The Labute approximate surface area is 168 Å². The Hall–Kier alpha value is -2.80. The van der Waals surface area contributed by atoms with Crippen LogP contribution < -0.4 is 10.2 Å². The highest BCUT2D eigenvalue weighted by atomic mass is 19.4. The van der Waals surface area contributed by atoms with E-state index in [0.717, 1.165) is 37.4 Å². The average Bonchev–Trinajstić information content (AvgIpc) is 2.71. The third-order valence-electron chi connectivity index (χ3n) is 4.95. The molecule has 0 unspecified atom stereocenters. The number of amides is 1. The summed E-state index contributed by atoms with van der Waals surface area (Å²) in [7, 11) is 2.07.